The van der Waals surface area contributed by atoms with E-state index in [-0.39, 0.29) is 0 Å². The highest BCUT2D eigenvalue weighted by Crippen LogP contribution is 2.03. The van der Waals surface area contributed by atoms with E-state index >= 15 is 0 Å². The Bertz CT molecular complexity index is 384. The molecule has 0 aliphatic heterocycles. The van der Waals surface area contributed by atoms with Crippen LogP contribution in [0.2, 0.25) is 0 Å². The van der Waals surface area contributed by atoms with Crippen LogP contribution in [0.3, 0.4) is 0 Å². The Kier molecular flexibility index (Phi) is 6.15. The molecule has 4 nitrogen and oxygen atoms in total. The summed E-state index contributed by atoms with van der Waals surface area (Å²) in [5.41, 5.74) is 0. The highest BCUT2D eigenvalue weighted by Gasteiger charge is 1.98. The van der Waals surface area contributed by atoms with E-state index in [9.17, 15) is 0 Å². The Balaban J connectivity index is 2.33. The molecule has 0 atom stereocenters. The number of aromatic amines is 1. The Morgan fingerprint density at radius 3 is 2.71 bits per heavy atom. The second-order valence-corrected chi connectivity index (χ2v) is 4.44. The summed E-state index contributed by atoms with van der Waals surface area (Å²) in [7, 11) is 0. The van der Waals surface area contributed by atoms with Gasteiger partial charge in [0.25, 0.3) is 0 Å². The first kappa shape index (κ1) is 14.1. The molecule has 0 fully saturated rings. The molecule has 1 aromatic heterocycles. The van der Waals surface area contributed by atoms with Gasteiger partial charge in [0.15, 0.2) is 0 Å². The number of H-pyrrole nitrogens is 1. The van der Waals surface area contributed by atoms with Crippen LogP contribution in [0.4, 0.5) is 5.82 Å². The van der Waals surface area contributed by atoms with Gasteiger partial charge in [0.05, 0.1) is 0 Å². The number of nitrogens with zero attached hydrogens (tertiary/aromatic N) is 2. The molecule has 1 rings (SSSR count). The quantitative estimate of drug-likeness (QED) is 0.580. The molecule has 2 N–H and O–H groups in total. The van der Waals surface area contributed by atoms with Gasteiger partial charge in [-0.2, -0.15) is 0 Å². The predicted molar refractivity (Wildman–Crippen MR) is 75.1 cm³/mol. The average Bonchev–Trinajstić information content (AvgIpc) is 2.28. The number of nitrogens with one attached hydrogen (secondary N) is 2. The standard InChI is InChI=1S/C12H22N4S/c1-4-16(5-2)8-6-7-13-11-9-12(17)15-10(3)14-11/h9H,4-8H2,1-3H3,(H2,13,14,15,17). The van der Waals surface area contributed by atoms with Gasteiger partial charge in [-0.25, -0.2) is 4.98 Å². The number of aromatic nitrogens is 2. The molecule has 17 heavy (non-hydrogen) atoms. The minimum absolute atomic E-state index is 0.632. The number of hydrogen-bond donors (Lipinski definition) is 2. The van der Waals surface area contributed by atoms with E-state index in [1.807, 2.05) is 13.0 Å². The summed E-state index contributed by atoms with van der Waals surface area (Å²) in [5, 5.41) is 3.34. The van der Waals surface area contributed by atoms with Crippen LogP contribution in [0.25, 0.3) is 0 Å². The van der Waals surface area contributed by atoms with Crippen LogP contribution in [-0.2, 0) is 0 Å². The molecular formula is C12H22N4S. The number of anilines is 1. The van der Waals surface area contributed by atoms with Crippen molar-refractivity contribution in [2.75, 3.05) is 31.5 Å². The molecule has 5 heteroatoms. The van der Waals surface area contributed by atoms with Gasteiger partial charge in [0, 0.05) is 12.6 Å². The van der Waals surface area contributed by atoms with E-state index in [2.05, 4.69) is 34.0 Å². The first-order valence-electron chi connectivity index (χ1n) is 6.20. The van der Waals surface area contributed by atoms with Crippen LogP contribution in [0.1, 0.15) is 26.1 Å². The van der Waals surface area contributed by atoms with Crippen LogP contribution in [-0.4, -0.2) is 41.0 Å². The number of hydrogen-bond acceptors (Lipinski definition) is 4. The van der Waals surface area contributed by atoms with E-state index in [4.69, 9.17) is 12.2 Å². The summed E-state index contributed by atoms with van der Waals surface area (Å²) in [6, 6.07) is 1.86. The Hall–Kier alpha value is -0.940. The molecule has 0 aliphatic carbocycles. The molecule has 0 bridgehead atoms. The molecular weight excluding hydrogens is 232 g/mol. The van der Waals surface area contributed by atoms with Crippen LogP contribution < -0.4 is 5.32 Å². The lowest BCUT2D eigenvalue weighted by Gasteiger charge is -2.17. The second-order valence-electron chi connectivity index (χ2n) is 4.03. The number of rotatable bonds is 7. The first-order chi connectivity index (χ1) is 8.15. The molecule has 0 aromatic carbocycles. The van der Waals surface area contributed by atoms with Crippen molar-refractivity contribution in [1.29, 1.82) is 0 Å². The lowest BCUT2D eigenvalue weighted by molar-refractivity contribution is 0.303. The van der Waals surface area contributed by atoms with Crippen LogP contribution in [0, 0.1) is 11.6 Å². The second kappa shape index (κ2) is 7.40. The molecule has 0 saturated heterocycles. The summed E-state index contributed by atoms with van der Waals surface area (Å²) < 4.78 is 0.632. The fraction of sp³-hybridized carbons (Fsp3) is 0.667. The van der Waals surface area contributed by atoms with Crippen molar-refractivity contribution >= 4 is 18.0 Å². The normalized spacial score (nSPS) is 10.8. The van der Waals surface area contributed by atoms with Gasteiger partial charge in [0.2, 0.25) is 0 Å². The Morgan fingerprint density at radius 1 is 1.41 bits per heavy atom. The monoisotopic (exact) mass is 254 g/mol. The molecule has 0 aliphatic rings. The third kappa shape index (κ3) is 5.28. The molecule has 1 heterocycles. The van der Waals surface area contributed by atoms with Crippen molar-refractivity contribution in [3.63, 3.8) is 0 Å². The van der Waals surface area contributed by atoms with E-state index in [0.717, 1.165) is 44.2 Å². The largest absolute Gasteiger partial charge is 0.371 e. The predicted octanol–water partition coefficient (Wildman–Crippen LogP) is 2.59. The minimum Gasteiger partial charge on any atom is -0.371 e. The van der Waals surface area contributed by atoms with E-state index in [1.54, 1.807) is 0 Å². The van der Waals surface area contributed by atoms with Crippen molar-refractivity contribution in [1.82, 2.24) is 14.9 Å². The highest BCUT2D eigenvalue weighted by atomic mass is 32.1. The fourth-order valence-electron chi connectivity index (χ4n) is 1.74. The fourth-order valence-corrected chi connectivity index (χ4v) is 2.00. The topological polar surface area (TPSA) is 44.0 Å². The maximum absolute atomic E-state index is 5.07. The lowest BCUT2D eigenvalue weighted by atomic mass is 10.3. The summed E-state index contributed by atoms with van der Waals surface area (Å²) in [6.07, 6.45) is 1.13. The summed E-state index contributed by atoms with van der Waals surface area (Å²) in [6.45, 7) is 10.6. The first-order valence-corrected chi connectivity index (χ1v) is 6.60. The third-order valence-electron chi connectivity index (χ3n) is 2.72. The maximum atomic E-state index is 5.07. The maximum Gasteiger partial charge on any atom is 0.131 e. The molecule has 96 valence electrons. The van der Waals surface area contributed by atoms with Gasteiger partial charge < -0.3 is 15.2 Å². The highest BCUT2D eigenvalue weighted by molar-refractivity contribution is 7.71. The van der Waals surface area contributed by atoms with Gasteiger partial charge in [-0.15, -0.1) is 0 Å². The van der Waals surface area contributed by atoms with Gasteiger partial charge >= 0.3 is 0 Å². The lowest BCUT2D eigenvalue weighted by Crippen LogP contribution is -2.25. The average molecular weight is 254 g/mol. The van der Waals surface area contributed by atoms with Crippen molar-refractivity contribution in [3.8, 4) is 0 Å². The van der Waals surface area contributed by atoms with Crippen molar-refractivity contribution in [2.24, 2.45) is 0 Å². The zero-order chi connectivity index (χ0) is 12.7. The zero-order valence-electron chi connectivity index (χ0n) is 10.9. The van der Waals surface area contributed by atoms with E-state index in [1.165, 1.54) is 0 Å². The summed E-state index contributed by atoms with van der Waals surface area (Å²) in [4.78, 5) is 9.71. The van der Waals surface area contributed by atoms with Gasteiger partial charge in [0.1, 0.15) is 16.3 Å². The summed E-state index contributed by atoms with van der Waals surface area (Å²) >= 11 is 5.07. The molecule has 0 unspecified atom stereocenters. The Labute approximate surface area is 108 Å². The van der Waals surface area contributed by atoms with Gasteiger partial charge in [-0.3, -0.25) is 0 Å². The smallest absolute Gasteiger partial charge is 0.131 e. The van der Waals surface area contributed by atoms with Gasteiger partial charge in [-0.1, -0.05) is 26.1 Å². The van der Waals surface area contributed by atoms with Crippen molar-refractivity contribution < 1.29 is 0 Å². The molecule has 0 saturated carbocycles. The SMILES string of the molecule is CCN(CC)CCCNc1cc(=S)nc(C)[nH]1. The zero-order valence-corrected chi connectivity index (χ0v) is 11.7. The van der Waals surface area contributed by atoms with Crippen molar-refractivity contribution in [3.05, 3.63) is 16.5 Å². The van der Waals surface area contributed by atoms with Crippen LogP contribution in [0.5, 0.6) is 0 Å². The summed E-state index contributed by atoms with van der Waals surface area (Å²) in [5.74, 6) is 1.81. The third-order valence-corrected chi connectivity index (χ3v) is 2.93. The number of aryl methyl sites for hydroxylation is 1. The molecule has 0 spiro atoms. The van der Waals surface area contributed by atoms with Crippen molar-refractivity contribution in [2.45, 2.75) is 27.2 Å². The van der Waals surface area contributed by atoms with E-state index < -0.39 is 0 Å². The molecule has 0 radical (unpaired) electrons. The van der Waals surface area contributed by atoms with E-state index in [0.29, 0.717) is 4.64 Å². The minimum atomic E-state index is 0.632. The van der Waals surface area contributed by atoms with Gasteiger partial charge in [-0.05, 0) is 33.0 Å². The van der Waals surface area contributed by atoms with Crippen LogP contribution in [0.15, 0.2) is 6.07 Å². The van der Waals surface area contributed by atoms with Crippen LogP contribution >= 0.6 is 12.2 Å². The Morgan fingerprint density at radius 2 is 2.12 bits per heavy atom. The molecule has 0 amide bonds. The molecule has 1 aromatic rings.